The van der Waals surface area contributed by atoms with E-state index in [0.717, 1.165) is 22.2 Å². The van der Waals surface area contributed by atoms with Gasteiger partial charge < -0.3 is 18.8 Å². The Labute approximate surface area is 200 Å². The summed E-state index contributed by atoms with van der Waals surface area (Å²) in [5, 5.41) is 2.04. The molecule has 0 aliphatic carbocycles. The van der Waals surface area contributed by atoms with Crippen LogP contribution in [0.4, 0.5) is 0 Å². The molecule has 1 aliphatic rings. The van der Waals surface area contributed by atoms with E-state index < -0.39 is 0 Å². The second kappa shape index (κ2) is 8.50. The lowest BCUT2D eigenvalue weighted by Gasteiger charge is -2.10. The number of benzene rings is 3. The maximum absolute atomic E-state index is 12.9. The molecule has 166 valence electrons. The number of fused-ring (bicyclic) bond motifs is 2. The van der Waals surface area contributed by atoms with E-state index in [1.165, 1.54) is 0 Å². The third kappa shape index (κ3) is 3.94. The highest BCUT2D eigenvalue weighted by Crippen LogP contribution is 2.37. The Morgan fingerprint density at radius 1 is 1.03 bits per heavy atom. The molecule has 4 aromatic rings. The minimum Gasteiger partial charge on any atom is -0.497 e. The number of carbonyl (C=O) groups excluding carboxylic acids is 1. The molecule has 0 saturated carbocycles. The predicted octanol–water partition coefficient (Wildman–Crippen LogP) is 6.69. The maximum Gasteiger partial charge on any atom is 0.231 e. The zero-order valence-electron chi connectivity index (χ0n) is 17.9. The van der Waals surface area contributed by atoms with Gasteiger partial charge >= 0.3 is 0 Å². The van der Waals surface area contributed by atoms with Gasteiger partial charge in [-0.25, -0.2) is 0 Å². The summed E-state index contributed by atoms with van der Waals surface area (Å²) in [6, 6.07) is 16.3. The molecule has 0 unspecified atom stereocenters. The van der Waals surface area contributed by atoms with Gasteiger partial charge in [0.15, 0.2) is 5.76 Å². The molecular formula is C26H19Cl2NO4. The topological polar surface area (TPSA) is 49.7 Å². The minimum atomic E-state index is -0.175. The number of nitrogens with zero attached hydrogens (tertiary/aromatic N) is 1. The molecule has 0 amide bonds. The first-order valence-electron chi connectivity index (χ1n) is 10.2. The summed E-state index contributed by atoms with van der Waals surface area (Å²) in [4.78, 5) is 12.9. The van der Waals surface area contributed by atoms with Crippen LogP contribution in [0.25, 0.3) is 17.0 Å². The number of ether oxygens (including phenoxy) is 3. The molecule has 0 spiro atoms. The minimum absolute atomic E-state index is 0.175. The molecule has 5 rings (SSSR count). The Hall–Kier alpha value is -3.41. The van der Waals surface area contributed by atoms with Gasteiger partial charge in [-0.3, -0.25) is 4.79 Å². The van der Waals surface area contributed by atoms with Gasteiger partial charge in [0.25, 0.3) is 0 Å². The van der Waals surface area contributed by atoms with Crippen LogP contribution in [-0.2, 0) is 13.7 Å². The van der Waals surface area contributed by atoms with Crippen molar-refractivity contribution in [2.45, 2.75) is 6.61 Å². The van der Waals surface area contributed by atoms with Crippen molar-refractivity contribution in [3.63, 3.8) is 0 Å². The molecule has 0 bridgehead atoms. The largest absolute Gasteiger partial charge is 0.497 e. The van der Waals surface area contributed by atoms with E-state index in [4.69, 9.17) is 37.4 Å². The number of Topliss-reactive ketones (excluding diaryl/α,β-unsaturated/α-hetero) is 1. The number of hydrogen-bond donors (Lipinski definition) is 0. The highest BCUT2D eigenvalue weighted by Gasteiger charge is 2.28. The van der Waals surface area contributed by atoms with Crippen LogP contribution in [0, 0.1) is 0 Å². The molecule has 3 aromatic carbocycles. The summed E-state index contributed by atoms with van der Waals surface area (Å²) >= 11 is 12.4. The molecule has 1 aromatic heterocycles. The van der Waals surface area contributed by atoms with Gasteiger partial charge in [0.05, 0.1) is 12.7 Å². The van der Waals surface area contributed by atoms with E-state index in [1.807, 2.05) is 36.0 Å². The van der Waals surface area contributed by atoms with Crippen molar-refractivity contribution in [3.05, 3.63) is 93.3 Å². The number of carbonyl (C=O) groups is 1. The van der Waals surface area contributed by atoms with Gasteiger partial charge in [0.1, 0.15) is 23.9 Å². The molecule has 0 fully saturated rings. The lowest BCUT2D eigenvalue weighted by molar-refractivity contribution is 0.101. The number of hydrogen-bond acceptors (Lipinski definition) is 4. The number of halogens is 2. The lowest BCUT2D eigenvalue weighted by Crippen LogP contribution is -1.98. The van der Waals surface area contributed by atoms with Crippen LogP contribution in [0.2, 0.25) is 10.0 Å². The number of aryl methyl sites for hydroxylation is 1. The number of rotatable bonds is 5. The first-order chi connectivity index (χ1) is 15.9. The Kier molecular flexibility index (Phi) is 5.52. The highest BCUT2D eigenvalue weighted by molar-refractivity contribution is 6.35. The molecule has 7 heteroatoms. The molecule has 1 aliphatic heterocycles. The zero-order valence-corrected chi connectivity index (χ0v) is 19.4. The Morgan fingerprint density at radius 3 is 2.55 bits per heavy atom. The standard InChI is InChI=1S/C26H19Cl2NO4/c1-29-13-15(19-11-16(31-2)7-9-23(19)29)10-25-26(30)18-8-6-17(12-24(18)33-25)32-14-20-21(27)4-3-5-22(20)28/h3-13H,14H2,1-2H3/b25-10+. The quantitative estimate of drug-likeness (QED) is 0.299. The number of methoxy groups -OCH3 is 1. The van der Waals surface area contributed by atoms with Gasteiger partial charge in [0, 0.05) is 51.4 Å². The highest BCUT2D eigenvalue weighted by atomic mass is 35.5. The summed E-state index contributed by atoms with van der Waals surface area (Å²) in [5.74, 6) is 1.83. The van der Waals surface area contributed by atoms with Crippen LogP contribution < -0.4 is 14.2 Å². The van der Waals surface area contributed by atoms with Crippen molar-refractivity contribution in [2.75, 3.05) is 7.11 Å². The summed E-state index contributed by atoms with van der Waals surface area (Å²) in [6.45, 7) is 0.200. The van der Waals surface area contributed by atoms with E-state index >= 15 is 0 Å². The SMILES string of the molecule is COc1ccc2c(c1)c(/C=C1/Oc3cc(OCc4c(Cl)cccc4Cl)ccc3C1=O)cn2C. The van der Waals surface area contributed by atoms with E-state index in [2.05, 4.69) is 0 Å². The summed E-state index contributed by atoms with van der Waals surface area (Å²) in [6.07, 6.45) is 3.72. The van der Waals surface area contributed by atoms with Crippen molar-refractivity contribution in [1.82, 2.24) is 4.57 Å². The first-order valence-corrected chi connectivity index (χ1v) is 11.0. The van der Waals surface area contributed by atoms with Crippen LogP contribution in [0.15, 0.2) is 66.6 Å². The third-order valence-electron chi connectivity index (χ3n) is 5.60. The zero-order chi connectivity index (χ0) is 23.1. The van der Waals surface area contributed by atoms with Crippen LogP contribution in [0.5, 0.6) is 17.2 Å². The van der Waals surface area contributed by atoms with Crippen LogP contribution in [0.3, 0.4) is 0 Å². The van der Waals surface area contributed by atoms with Gasteiger partial charge in [-0.2, -0.15) is 0 Å². The second-order valence-corrected chi connectivity index (χ2v) is 8.48. The van der Waals surface area contributed by atoms with Gasteiger partial charge in [-0.1, -0.05) is 29.3 Å². The van der Waals surface area contributed by atoms with E-state index in [-0.39, 0.29) is 18.1 Å². The molecule has 0 saturated heterocycles. The summed E-state index contributed by atoms with van der Waals surface area (Å²) in [5.41, 5.74) is 3.08. The average Bonchev–Trinajstić information content (AvgIpc) is 3.29. The molecular weight excluding hydrogens is 461 g/mol. The lowest BCUT2D eigenvalue weighted by atomic mass is 10.1. The Morgan fingerprint density at radius 2 is 1.79 bits per heavy atom. The number of aromatic nitrogens is 1. The van der Waals surface area contributed by atoms with Crippen LogP contribution in [0.1, 0.15) is 21.5 Å². The van der Waals surface area contributed by atoms with Gasteiger partial charge in [0.2, 0.25) is 5.78 Å². The Balaban J connectivity index is 1.41. The van der Waals surface area contributed by atoms with Gasteiger partial charge in [-0.15, -0.1) is 0 Å². The molecule has 33 heavy (non-hydrogen) atoms. The second-order valence-electron chi connectivity index (χ2n) is 7.67. The third-order valence-corrected chi connectivity index (χ3v) is 6.31. The van der Waals surface area contributed by atoms with E-state index in [0.29, 0.717) is 32.7 Å². The van der Waals surface area contributed by atoms with Crippen LogP contribution in [-0.4, -0.2) is 17.5 Å². The smallest absolute Gasteiger partial charge is 0.231 e. The van der Waals surface area contributed by atoms with Crippen molar-refractivity contribution in [3.8, 4) is 17.2 Å². The Bertz CT molecular complexity index is 1420. The summed E-state index contributed by atoms with van der Waals surface area (Å²) < 4.78 is 19.1. The van der Waals surface area contributed by atoms with E-state index in [1.54, 1.807) is 49.6 Å². The maximum atomic E-state index is 12.9. The molecule has 0 atom stereocenters. The predicted molar refractivity (Wildman–Crippen MR) is 130 cm³/mol. The van der Waals surface area contributed by atoms with Gasteiger partial charge in [-0.05, 0) is 48.5 Å². The van der Waals surface area contributed by atoms with Crippen molar-refractivity contribution in [2.24, 2.45) is 7.05 Å². The molecule has 5 nitrogen and oxygen atoms in total. The fourth-order valence-electron chi connectivity index (χ4n) is 3.87. The fraction of sp³-hybridized carbons (Fsp3) is 0.115. The van der Waals surface area contributed by atoms with Crippen LogP contribution >= 0.6 is 23.2 Å². The molecule has 0 N–H and O–H groups in total. The van der Waals surface area contributed by atoms with Crippen molar-refractivity contribution < 1.29 is 19.0 Å². The van der Waals surface area contributed by atoms with E-state index in [9.17, 15) is 4.79 Å². The monoisotopic (exact) mass is 479 g/mol. The first kappa shape index (κ1) is 21.4. The summed E-state index contributed by atoms with van der Waals surface area (Å²) in [7, 11) is 3.58. The van der Waals surface area contributed by atoms with Crippen molar-refractivity contribution >= 4 is 46.0 Å². The fourth-order valence-corrected chi connectivity index (χ4v) is 4.37. The molecule has 2 heterocycles. The number of ketones is 1. The van der Waals surface area contributed by atoms with Crippen molar-refractivity contribution in [1.29, 1.82) is 0 Å². The number of allylic oxidation sites excluding steroid dienone is 1. The normalized spacial score (nSPS) is 13.9. The molecule has 0 radical (unpaired) electrons. The average molecular weight is 480 g/mol.